The van der Waals surface area contributed by atoms with E-state index in [1.165, 1.54) is 0 Å². The maximum absolute atomic E-state index is 12.3. The Bertz CT molecular complexity index is 786. The van der Waals surface area contributed by atoms with Crippen LogP contribution in [0.3, 0.4) is 0 Å². The fourth-order valence-electron chi connectivity index (χ4n) is 1.97. The van der Waals surface area contributed by atoms with Gasteiger partial charge in [0, 0.05) is 5.56 Å². The van der Waals surface area contributed by atoms with E-state index in [2.05, 4.69) is 22.6 Å². The SMILES string of the molecule is C\C=C/C(/C=C/c1c(S)nc(-c2ccccc2)[nH]c1=O)=C\C. The lowest BCUT2D eigenvalue weighted by molar-refractivity contribution is 1.02. The zero-order valence-electron chi connectivity index (χ0n) is 12.6. The smallest absolute Gasteiger partial charge is 0.259 e. The zero-order valence-corrected chi connectivity index (χ0v) is 13.5. The summed E-state index contributed by atoms with van der Waals surface area (Å²) >= 11 is 4.35. The molecule has 22 heavy (non-hydrogen) atoms. The Morgan fingerprint density at radius 3 is 2.50 bits per heavy atom. The first kappa shape index (κ1) is 16.0. The van der Waals surface area contributed by atoms with Crippen LogP contribution in [0.15, 0.2) is 70.0 Å². The summed E-state index contributed by atoms with van der Waals surface area (Å²) in [5, 5.41) is 0.412. The number of hydrogen-bond donors (Lipinski definition) is 2. The third-order valence-electron chi connectivity index (χ3n) is 3.12. The van der Waals surface area contributed by atoms with Gasteiger partial charge in [-0.25, -0.2) is 4.98 Å². The number of nitrogens with zero attached hydrogens (tertiary/aromatic N) is 1. The van der Waals surface area contributed by atoms with E-state index in [9.17, 15) is 4.79 Å². The van der Waals surface area contributed by atoms with Gasteiger partial charge in [-0.15, -0.1) is 12.6 Å². The molecule has 3 nitrogen and oxygen atoms in total. The highest BCUT2D eigenvalue weighted by atomic mass is 32.1. The minimum absolute atomic E-state index is 0.203. The number of H-pyrrole nitrogens is 1. The first-order chi connectivity index (χ1) is 10.7. The van der Waals surface area contributed by atoms with Crippen LogP contribution >= 0.6 is 12.6 Å². The number of nitrogens with one attached hydrogen (secondary N) is 1. The second kappa shape index (κ2) is 7.61. The molecule has 4 heteroatoms. The number of allylic oxidation sites excluding steroid dienone is 5. The maximum atomic E-state index is 12.3. The van der Waals surface area contributed by atoms with Crippen LogP contribution in [0.5, 0.6) is 0 Å². The number of aromatic nitrogens is 2. The van der Waals surface area contributed by atoms with Crippen molar-refractivity contribution in [1.82, 2.24) is 9.97 Å². The normalized spacial score (nSPS) is 12.4. The van der Waals surface area contributed by atoms with Crippen LogP contribution in [0.25, 0.3) is 17.5 Å². The summed E-state index contributed by atoms with van der Waals surface area (Å²) in [7, 11) is 0. The monoisotopic (exact) mass is 310 g/mol. The minimum Gasteiger partial charge on any atom is -0.306 e. The van der Waals surface area contributed by atoms with Crippen LogP contribution in [0, 0.1) is 0 Å². The quantitative estimate of drug-likeness (QED) is 0.503. The fraction of sp³-hybridized carbons (Fsp3) is 0.111. The standard InChI is InChI=1S/C18H18N2OS/c1-3-8-13(4-2)11-12-15-17(21)19-16(20-18(15)22)14-9-6-5-7-10-14/h3-12H,1-2H3,(H2,19,20,21,22)/b8-3-,12-11+,13-4+. The van der Waals surface area contributed by atoms with Crippen LogP contribution < -0.4 is 5.56 Å². The van der Waals surface area contributed by atoms with E-state index in [0.29, 0.717) is 16.4 Å². The van der Waals surface area contributed by atoms with Gasteiger partial charge in [-0.3, -0.25) is 4.79 Å². The maximum Gasteiger partial charge on any atom is 0.259 e. The van der Waals surface area contributed by atoms with Crippen LogP contribution in [0.4, 0.5) is 0 Å². The second-order valence-corrected chi connectivity index (χ2v) is 5.06. The van der Waals surface area contributed by atoms with E-state index in [4.69, 9.17) is 0 Å². The van der Waals surface area contributed by atoms with Gasteiger partial charge >= 0.3 is 0 Å². The second-order valence-electron chi connectivity index (χ2n) is 4.64. The van der Waals surface area contributed by atoms with Gasteiger partial charge < -0.3 is 4.98 Å². The molecule has 0 bridgehead atoms. The average Bonchev–Trinajstić information content (AvgIpc) is 2.53. The molecule has 0 atom stereocenters. The number of benzene rings is 1. The first-order valence-electron chi connectivity index (χ1n) is 7.01. The topological polar surface area (TPSA) is 45.8 Å². The molecule has 0 aliphatic heterocycles. The van der Waals surface area contributed by atoms with Gasteiger partial charge in [-0.1, -0.05) is 54.6 Å². The van der Waals surface area contributed by atoms with Crippen LogP contribution in [-0.4, -0.2) is 9.97 Å². The molecular formula is C18H18N2OS. The van der Waals surface area contributed by atoms with Crippen molar-refractivity contribution >= 4 is 18.7 Å². The van der Waals surface area contributed by atoms with Gasteiger partial charge in [-0.05, 0) is 25.5 Å². The molecule has 1 N–H and O–H groups in total. The minimum atomic E-state index is -0.203. The molecule has 1 aromatic carbocycles. The summed E-state index contributed by atoms with van der Waals surface area (Å²) in [5.41, 5.74) is 2.12. The van der Waals surface area contributed by atoms with E-state index in [-0.39, 0.29) is 5.56 Å². The molecule has 1 heterocycles. The van der Waals surface area contributed by atoms with Crippen molar-refractivity contribution in [1.29, 1.82) is 0 Å². The Kier molecular flexibility index (Phi) is 5.55. The lowest BCUT2D eigenvalue weighted by Crippen LogP contribution is -2.13. The molecule has 0 amide bonds. The Hall–Kier alpha value is -2.33. The van der Waals surface area contributed by atoms with E-state index in [1.807, 2.05) is 68.5 Å². The van der Waals surface area contributed by atoms with Gasteiger partial charge in [0.15, 0.2) is 0 Å². The van der Waals surface area contributed by atoms with Gasteiger partial charge in [0.1, 0.15) is 10.9 Å². The molecule has 0 aliphatic carbocycles. The molecule has 2 rings (SSSR count). The Balaban J connectivity index is 2.40. The molecule has 0 unspecified atom stereocenters. The number of thiol groups is 1. The lowest BCUT2D eigenvalue weighted by atomic mass is 10.1. The van der Waals surface area contributed by atoms with Gasteiger partial charge in [0.2, 0.25) is 0 Å². The van der Waals surface area contributed by atoms with Crippen molar-refractivity contribution < 1.29 is 0 Å². The van der Waals surface area contributed by atoms with Crippen molar-refractivity contribution in [3.63, 3.8) is 0 Å². The third-order valence-corrected chi connectivity index (χ3v) is 3.46. The highest BCUT2D eigenvalue weighted by molar-refractivity contribution is 7.80. The summed E-state index contributed by atoms with van der Waals surface area (Å²) in [6, 6.07) is 9.50. The Morgan fingerprint density at radius 1 is 1.18 bits per heavy atom. The molecule has 0 spiro atoms. The van der Waals surface area contributed by atoms with Crippen LogP contribution in [-0.2, 0) is 0 Å². The molecule has 1 aromatic heterocycles. The number of rotatable bonds is 4. The van der Waals surface area contributed by atoms with Crippen molar-refractivity contribution in [2.45, 2.75) is 18.9 Å². The summed E-state index contributed by atoms with van der Waals surface area (Å²) in [6.07, 6.45) is 9.48. The molecule has 0 aliphatic rings. The van der Waals surface area contributed by atoms with Crippen LogP contribution in [0.1, 0.15) is 19.4 Å². The average molecular weight is 310 g/mol. The highest BCUT2D eigenvalue weighted by Gasteiger charge is 2.07. The molecule has 0 saturated heterocycles. The molecule has 0 fully saturated rings. The highest BCUT2D eigenvalue weighted by Crippen LogP contribution is 2.17. The third kappa shape index (κ3) is 3.86. The Labute approximate surface area is 135 Å². The largest absolute Gasteiger partial charge is 0.306 e. The first-order valence-corrected chi connectivity index (χ1v) is 7.46. The van der Waals surface area contributed by atoms with Crippen molar-refractivity contribution in [3.8, 4) is 11.4 Å². The molecule has 0 radical (unpaired) electrons. The van der Waals surface area contributed by atoms with E-state index < -0.39 is 0 Å². The van der Waals surface area contributed by atoms with Crippen molar-refractivity contribution in [2.75, 3.05) is 0 Å². The van der Waals surface area contributed by atoms with E-state index in [0.717, 1.165) is 11.1 Å². The lowest BCUT2D eigenvalue weighted by Gasteiger charge is -2.04. The zero-order chi connectivity index (χ0) is 15.9. The van der Waals surface area contributed by atoms with Gasteiger partial charge in [0.25, 0.3) is 5.56 Å². The molecule has 2 aromatic rings. The molecular weight excluding hydrogens is 292 g/mol. The van der Waals surface area contributed by atoms with Crippen LogP contribution in [0.2, 0.25) is 0 Å². The van der Waals surface area contributed by atoms with E-state index >= 15 is 0 Å². The predicted molar refractivity (Wildman–Crippen MR) is 95.2 cm³/mol. The molecule has 112 valence electrons. The number of hydrogen-bond acceptors (Lipinski definition) is 3. The van der Waals surface area contributed by atoms with Crippen molar-refractivity contribution in [3.05, 3.63) is 76.1 Å². The summed E-state index contributed by atoms with van der Waals surface area (Å²) < 4.78 is 0. The summed E-state index contributed by atoms with van der Waals surface area (Å²) in [6.45, 7) is 3.90. The predicted octanol–water partition coefficient (Wildman–Crippen LogP) is 4.26. The van der Waals surface area contributed by atoms with Crippen molar-refractivity contribution in [2.24, 2.45) is 0 Å². The fourth-order valence-corrected chi connectivity index (χ4v) is 2.25. The number of aromatic amines is 1. The Morgan fingerprint density at radius 2 is 1.91 bits per heavy atom. The van der Waals surface area contributed by atoms with Gasteiger partial charge in [-0.2, -0.15) is 0 Å². The van der Waals surface area contributed by atoms with E-state index in [1.54, 1.807) is 6.08 Å². The summed E-state index contributed by atoms with van der Waals surface area (Å²) in [5.74, 6) is 0.521. The van der Waals surface area contributed by atoms with Gasteiger partial charge in [0.05, 0.1) is 5.56 Å². The molecule has 0 saturated carbocycles. The summed E-state index contributed by atoms with van der Waals surface area (Å²) in [4.78, 5) is 19.4.